The lowest BCUT2D eigenvalue weighted by atomic mass is 10.2. The van der Waals surface area contributed by atoms with Crippen LogP contribution in [0.2, 0.25) is 0 Å². The van der Waals surface area contributed by atoms with E-state index >= 15 is 0 Å². The van der Waals surface area contributed by atoms with Crippen LogP contribution in [-0.4, -0.2) is 47.8 Å². The van der Waals surface area contributed by atoms with Crippen molar-refractivity contribution in [1.82, 2.24) is 4.90 Å². The van der Waals surface area contributed by atoms with Gasteiger partial charge in [-0.05, 0) is 54.1 Å². The van der Waals surface area contributed by atoms with Gasteiger partial charge in [-0.2, -0.15) is 0 Å². The molecule has 3 rings (SSSR count). The number of methoxy groups -OCH3 is 2. The predicted molar refractivity (Wildman–Crippen MR) is 118 cm³/mol. The Morgan fingerprint density at radius 2 is 1.90 bits per heavy atom. The predicted octanol–water partition coefficient (Wildman–Crippen LogP) is 3.86. The number of anilines is 1. The number of ether oxygens (including phenoxy) is 2. The molecule has 0 bridgehead atoms. The average Bonchev–Trinajstić information content (AvgIpc) is 3.01. The van der Waals surface area contributed by atoms with Crippen molar-refractivity contribution in [2.75, 3.05) is 26.1 Å². The van der Waals surface area contributed by atoms with Crippen LogP contribution in [0.4, 0.5) is 10.5 Å². The molecule has 2 aromatic carbocycles. The van der Waals surface area contributed by atoms with Crippen molar-refractivity contribution in [1.29, 1.82) is 0 Å². The number of phenolic OH excluding ortho intramolecular Hbond substituents is 1. The lowest BCUT2D eigenvalue weighted by molar-refractivity contribution is -0.123. The van der Waals surface area contributed by atoms with Gasteiger partial charge in [0.05, 0.1) is 19.1 Å². The summed E-state index contributed by atoms with van der Waals surface area (Å²) in [5.74, 6) is 0.485. The molecule has 1 saturated heterocycles. The lowest BCUT2D eigenvalue weighted by Crippen LogP contribution is -2.29. The fourth-order valence-electron chi connectivity index (χ4n) is 2.99. The highest BCUT2D eigenvalue weighted by molar-refractivity contribution is 8.18. The number of carbonyl (C=O) groups excluding carboxylic acids is 3. The van der Waals surface area contributed by atoms with Gasteiger partial charge in [-0.1, -0.05) is 12.1 Å². The molecule has 1 aliphatic rings. The summed E-state index contributed by atoms with van der Waals surface area (Å²) < 4.78 is 10.5. The first-order chi connectivity index (χ1) is 14.9. The van der Waals surface area contributed by atoms with E-state index in [2.05, 4.69) is 5.32 Å². The number of rotatable bonds is 8. The van der Waals surface area contributed by atoms with Gasteiger partial charge in [0, 0.05) is 24.7 Å². The summed E-state index contributed by atoms with van der Waals surface area (Å²) in [4.78, 5) is 38.4. The molecule has 0 aromatic heterocycles. The first kappa shape index (κ1) is 22.2. The Balaban J connectivity index is 1.57. The molecule has 0 saturated carbocycles. The van der Waals surface area contributed by atoms with E-state index in [1.54, 1.807) is 36.4 Å². The summed E-state index contributed by atoms with van der Waals surface area (Å²) in [7, 11) is 3.05. The topological polar surface area (TPSA) is 105 Å². The number of nitrogens with zero attached hydrogens (tertiary/aromatic N) is 1. The van der Waals surface area contributed by atoms with Gasteiger partial charge in [0.2, 0.25) is 5.91 Å². The van der Waals surface area contributed by atoms with Gasteiger partial charge in [0.1, 0.15) is 5.75 Å². The molecule has 1 heterocycles. The number of hydrogen-bond acceptors (Lipinski definition) is 7. The highest BCUT2D eigenvalue weighted by Crippen LogP contribution is 2.34. The summed E-state index contributed by atoms with van der Waals surface area (Å²) in [6.07, 6.45) is 2.08. The second-order valence-corrected chi connectivity index (χ2v) is 7.64. The summed E-state index contributed by atoms with van der Waals surface area (Å²) in [6.45, 7) is 0.140. The molecule has 2 aromatic rings. The Kier molecular flexibility index (Phi) is 7.19. The van der Waals surface area contributed by atoms with Crippen molar-refractivity contribution in [2.45, 2.75) is 12.8 Å². The molecule has 162 valence electrons. The van der Waals surface area contributed by atoms with Crippen LogP contribution >= 0.6 is 11.8 Å². The number of aromatic hydroxyl groups is 1. The van der Waals surface area contributed by atoms with E-state index < -0.39 is 5.91 Å². The second kappa shape index (κ2) is 10.0. The van der Waals surface area contributed by atoms with Gasteiger partial charge < -0.3 is 19.9 Å². The summed E-state index contributed by atoms with van der Waals surface area (Å²) >= 11 is 0.861. The molecular formula is C22H22N2O6S. The summed E-state index contributed by atoms with van der Waals surface area (Å²) in [5.41, 5.74) is 1.18. The molecule has 0 atom stereocenters. The van der Waals surface area contributed by atoms with Gasteiger partial charge in [-0.15, -0.1) is 0 Å². The van der Waals surface area contributed by atoms with Crippen LogP contribution in [0.1, 0.15) is 18.4 Å². The van der Waals surface area contributed by atoms with Gasteiger partial charge >= 0.3 is 0 Å². The average molecular weight is 442 g/mol. The molecule has 0 aliphatic carbocycles. The standard InChI is InChI=1S/C22H22N2O6S/c1-29-17-9-8-14(11-18(17)30-2)12-19-21(27)24(22(28)31-19)10-4-7-20(26)23-15-5-3-6-16(25)13-15/h3,5-6,8-9,11-13,25H,4,7,10H2,1-2H3,(H,23,26). The number of benzene rings is 2. The van der Waals surface area contributed by atoms with Crippen LogP contribution in [0, 0.1) is 0 Å². The largest absolute Gasteiger partial charge is 0.508 e. The SMILES string of the molecule is COc1ccc(C=C2SC(=O)N(CCCC(=O)Nc3cccc(O)c3)C2=O)cc1OC. The van der Waals surface area contributed by atoms with Crippen molar-refractivity contribution in [3.05, 3.63) is 52.9 Å². The molecule has 31 heavy (non-hydrogen) atoms. The molecular weight excluding hydrogens is 420 g/mol. The maximum Gasteiger partial charge on any atom is 0.293 e. The third-order valence-electron chi connectivity index (χ3n) is 4.49. The highest BCUT2D eigenvalue weighted by Gasteiger charge is 2.34. The second-order valence-electron chi connectivity index (χ2n) is 6.65. The Hall–Kier alpha value is -3.46. The molecule has 1 aliphatic heterocycles. The minimum Gasteiger partial charge on any atom is -0.508 e. The van der Waals surface area contributed by atoms with E-state index in [1.807, 2.05) is 0 Å². The zero-order valence-electron chi connectivity index (χ0n) is 17.1. The van der Waals surface area contributed by atoms with Crippen molar-refractivity contribution in [2.24, 2.45) is 0 Å². The molecule has 1 fully saturated rings. The molecule has 3 amide bonds. The molecule has 2 N–H and O–H groups in total. The number of imide groups is 1. The van der Waals surface area contributed by atoms with E-state index in [0.29, 0.717) is 34.1 Å². The lowest BCUT2D eigenvalue weighted by Gasteiger charge is -2.12. The van der Waals surface area contributed by atoms with Crippen molar-refractivity contribution >= 4 is 40.6 Å². The van der Waals surface area contributed by atoms with Crippen LogP contribution in [0.25, 0.3) is 6.08 Å². The Bertz CT molecular complexity index is 1040. The minimum absolute atomic E-state index is 0.0527. The van der Waals surface area contributed by atoms with Crippen molar-refractivity contribution in [3.63, 3.8) is 0 Å². The zero-order valence-corrected chi connectivity index (χ0v) is 17.9. The Labute approximate surface area is 183 Å². The van der Waals surface area contributed by atoms with E-state index in [4.69, 9.17) is 9.47 Å². The number of carbonyl (C=O) groups is 3. The molecule has 0 radical (unpaired) electrons. The van der Waals surface area contributed by atoms with Gasteiger partial charge in [-0.3, -0.25) is 19.3 Å². The minimum atomic E-state index is -0.391. The maximum atomic E-state index is 12.6. The highest BCUT2D eigenvalue weighted by atomic mass is 32.2. The van der Waals surface area contributed by atoms with Crippen molar-refractivity contribution < 1.29 is 29.0 Å². The Morgan fingerprint density at radius 3 is 2.61 bits per heavy atom. The molecule has 0 spiro atoms. The monoisotopic (exact) mass is 442 g/mol. The summed E-state index contributed by atoms with van der Waals surface area (Å²) in [6, 6.07) is 11.4. The van der Waals surface area contributed by atoms with Gasteiger partial charge in [0.15, 0.2) is 11.5 Å². The van der Waals surface area contributed by atoms with Crippen LogP contribution in [0.5, 0.6) is 17.2 Å². The number of amides is 3. The molecule has 0 unspecified atom stereocenters. The first-order valence-electron chi connectivity index (χ1n) is 9.47. The van der Waals surface area contributed by atoms with Gasteiger partial charge in [0.25, 0.3) is 11.1 Å². The number of thioether (sulfide) groups is 1. The van der Waals surface area contributed by atoms with Crippen LogP contribution in [0.3, 0.4) is 0 Å². The van der Waals surface area contributed by atoms with E-state index in [1.165, 1.54) is 26.4 Å². The molecule has 8 nitrogen and oxygen atoms in total. The third-order valence-corrected chi connectivity index (χ3v) is 5.40. The quantitative estimate of drug-likeness (QED) is 0.598. The smallest absolute Gasteiger partial charge is 0.293 e. The number of phenols is 1. The first-order valence-corrected chi connectivity index (χ1v) is 10.3. The van der Waals surface area contributed by atoms with E-state index in [0.717, 1.165) is 16.7 Å². The fraction of sp³-hybridized carbons (Fsp3) is 0.227. The summed E-state index contributed by atoms with van der Waals surface area (Å²) in [5, 5.41) is 11.7. The van der Waals surface area contributed by atoms with Crippen LogP contribution in [0.15, 0.2) is 47.4 Å². The number of hydrogen-bond donors (Lipinski definition) is 2. The number of nitrogens with one attached hydrogen (secondary N) is 1. The molecule has 9 heteroatoms. The van der Waals surface area contributed by atoms with E-state index in [9.17, 15) is 19.5 Å². The maximum absolute atomic E-state index is 12.6. The van der Waals surface area contributed by atoms with Gasteiger partial charge in [-0.25, -0.2) is 0 Å². The van der Waals surface area contributed by atoms with Crippen LogP contribution < -0.4 is 14.8 Å². The fourth-order valence-corrected chi connectivity index (χ4v) is 3.86. The van der Waals surface area contributed by atoms with Crippen molar-refractivity contribution in [3.8, 4) is 17.2 Å². The third kappa shape index (κ3) is 5.58. The zero-order chi connectivity index (χ0) is 22.4. The van der Waals surface area contributed by atoms with Crippen LogP contribution in [-0.2, 0) is 9.59 Å². The Morgan fingerprint density at radius 1 is 1.13 bits per heavy atom. The normalized spacial score (nSPS) is 14.8. The van der Waals surface area contributed by atoms with E-state index in [-0.39, 0.29) is 29.9 Å².